The summed E-state index contributed by atoms with van der Waals surface area (Å²) in [5, 5.41) is 2.79. The fraction of sp³-hybridized carbons (Fsp3) is 0.364. The lowest BCUT2D eigenvalue weighted by Gasteiger charge is -2.19. The van der Waals surface area contributed by atoms with Crippen LogP contribution in [0.4, 0.5) is 16.2 Å². The van der Waals surface area contributed by atoms with Gasteiger partial charge in [-0.05, 0) is 24.6 Å². The molecule has 0 saturated carbocycles. The molecular weight excluding hydrogens is 270 g/mol. The van der Waals surface area contributed by atoms with Crippen LogP contribution in [0.5, 0.6) is 0 Å². The van der Waals surface area contributed by atoms with E-state index in [4.69, 9.17) is 5.73 Å². The molecule has 0 saturated heterocycles. The van der Waals surface area contributed by atoms with Gasteiger partial charge in [-0.3, -0.25) is 4.90 Å². The largest absolute Gasteiger partial charge is 0.397 e. The Bertz CT molecular complexity index is 381. The van der Waals surface area contributed by atoms with Crippen LogP contribution in [0.15, 0.2) is 22.7 Å². The van der Waals surface area contributed by atoms with Crippen molar-refractivity contribution >= 4 is 33.3 Å². The number of amides is 2. The number of carbonyl (C=O) groups excluding carboxylic acids is 1. The van der Waals surface area contributed by atoms with Crippen molar-refractivity contribution in [2.24, 2.45) is 0 Å². The molecule has 1 aromatic carbocycles. The van der Waals surface area contributed by atoms with Crippen LogP contribution < -0.4 is 16.0 Å². The molecule has 0 heterocycles. The van der Waals surface area contributed by atoms with Crippen LogP contribution in [0.2, 0.25) is 0 Å². The average Bonchev–Trinajstić information content (AvgIpc) is 2.25. The van der Waals surface area contributed by atoms with Gasteiger partial charge in [-0.25, -0.2) is 4.79 Å². The topological polar surface area (TPSA) is 58.4 Å². The third kappa shape index (κ3) is 3.13. The summed E-state index contributed by atoms with van der Waals surface area (Å²) in [5.41, 5.74) is 7.12. The first-order chi connectivity index (χ1) is 7.56. The van der Waals surface area contributed by atoms with Crippen LogP contribution in [0, 0.1) is 0 Å². The standard InChI is InChI=1S/C11H16BrN3O/c1-3-6-14-11(16)15(2)10-5-4-8(12)7-9(10)13/h4-5,7H,3,6,13H2,1-2H3,(H,14,16). The predicted octanol–water partition coefficient (Wildman–Crippen LogP) is 2.59. The fourth-order valence-electron chi connectivity index (χ4n) is 1.29. The van der Waals surface area contributed by atoms with E-state index >= 15 is 0 Å². The molecule has 0 fully saturated rings. The second kappa shape index (κ2) is 5.75. The number of nitrogens with zero attached hydrogens (tertiary/aromatic N) is 1. The van der Waals surface area contributed by atoms with E-state index in [1.165, 1.54) is 4.90 Å². The summed E-state index contributed by atoms with van der Waals surface area (Å²) in [6, 6.07) is 5.30. The van der Waals surface area contributed by atoms with Crippen LogP contribution in [-0.4, -0.2) is 19.6 Å². The number of hydrogen-bond donors (Lipinski definition) is 2. The Balaban J connectivity index is 2.79. The second-order valence-electron chi connectivity index (χ2n) is 3.49. The van der Waals surface area contributed by atoms with E-state index in [-0.39, 0.29) is 6.03 Å². The van der Waals surface area contributed by atoms with Crippen molar-refractivity contribution in [3.05, 3.63) is 22.7 Å². The van der Waals surface area contributed by atoms with Gasteiger partial charge in [0.15, 0.2) is 0 Å². The Kier molecular flexibility index (Phi) is 4.61. The highest BCUT2D eigenvalue weighted by Gasteiger charge is 2.12. The van der Waals surface area contributed by atoms with Gasteiger partial charge in [0.05, 0.1) is 11.4 Å². The van der Waals surface area contributed by atoms with E-state index in [0.29, 0.717) is 17.9 Å². The predicted molar refractivity (Wildman–Crippen MR) is 70.6 cm³/mol. The molecule has 0 aliphatic carbocycles. The molecule has 0 aliphatic rings. The van der Waals surface area contributed by atoms with E-state index in [0.717, 1.165) is 10.9 Å². The van der Waals surface area contributed by atoms with Gasteiger partial charge in [-0.1, -0.05) is 22.9 Å². The molecule has 88 valence electrons. The maximum Gasteiger partial charge on any atom is 0.321 e. The minimum atomic E-state index is -0.143. The molecule has 0 bridgehead atoms. The number of rotatable bonds is 3. The van der Waals surface area contributed by atoms with E-state index in [1.807, 2.05) is 19.1 Å². The quantitative estimate of drug-likeness (QED) is 0.839. The number of nitrogen functional groups attached to an aromatic ring is 1. The minimum absolute atomic E-state index is 0.143. The Morgan fingerprint density at radius 1 is 1.56 bits per heavy atom. The Labute approximate surface area is 104 Å². The highest BCUT2D eigenvalue weighted by atomic mass is 79.9. The van der Waals surface area contributed by atoms with E-state index in [2.05, 4.69) is 21.2 Å². The van der Waals surface area contributed by atoms with Gasteiger partial charge in [0.2, 0.25) is 0 Å². The van der Waals surface area contributed by atoms with Crippen molar-refractivity contribution in [2.45, 2.75) is 13.3 Å². The summed E-state index contributed by atoms with van der Waals surface area (Å²) in [6.45, 7) is 2.67. The van der Waals surface area contributed by atoms with E-state index in [9.17, 15) is 4.79 Å². The molecule has 1 aromatic rings. The number of urea groups is 1. The van der Waals surface area contributed by atoms with Crippen molar-refractivity contribution in [2.75, 3.05) is 24.2 Å². The molecule has 0 atom stereocenters. The zero-order valence-corrected chi connectivity index (χ0v) is 11.0. The van der Waals surface area contributed by atoms with Crippen LogP contribution >= 0.6 is 15.9 Å². The zero-order valence-electron chi connectivity index (χ0n) is 9.46. The number of halogens is 1. The summed E-state index contributed by atoms with van der Waals surface area (Å²) < 4.78 is 0.899. The van der Waals surface area contributed by atoms with Gasteiger partial charge in [0, 0.05) is 18.1 Å². The van der Waals surface area contributed by atoms with Crippen molar-refractivity contribution in [1.82, 2.24) is 5.32 Å². The smallest absolute Gasteiger partial charge is 0.321 e. The molecule has 4 nitrogen and oxygen atoms in total. The molecule has 16 heavy (non-hydrogen) atoms. The van der Waals surface area contributed by atoms with Crippen LogP contribution in [0.1, 0.15) is 13.3 Å². The molecule has 1 rings (SSSR count). The minimum Gasteiger partial charge on any atom is -0.397 e. The molecule has 3 N–H and O–H groups in total. The Morgan fingerprint density at radius 3 is 2.81 bits per heavy atom. The number of nitrogens with one attached hydrogen (secondary N) is 1. The fourth-order valence-corrected chi connectivity index (χ4v) is 1.67. The highest BCUT2D eigenvalue weighted by molar-refractivity contribution is 9.10. The molecule has 5 heteroatoms. The zero-order chi connectivity index (χ0) is 12.1. The van der Waals surface area contributed by atoms with Crippen molar-refractivity contribution < 1.29 is 4.79 Å². The van der Waals surface area contributed by atoms with E-state index in [1.54, 1.807) is 13.1 Å². The number of benzene rings is 1. The lowest BCUT2D eigenvalue weighted by molar-refractivity contribution is 0.247. The highest BCUT2D eigenvalue weighted by Crippen LogP contribution is 2.25. The molecule has 0 aliphatic heterocycles. The van der Waals surface area contributed by atoms with Crippen LogP contribution in [0.25, 0.3) is 0 Å². The second-order valence-corrected chi connectivity index (χ2v) is 4.41. The van der Waals surface area contributed by atoms with E-state index < -0.39 is 0 Å². The summed E-state index contributed by atoms with van der Waals surface area (Å²) >= 11 is 3.33. The van der Waals surface area contributed by atoms with Crippen molar-refractivity contribution in [1.29, 1.82) is 0 Å². The number of hydrogen-bond acceptors (Lipinski definition) is 2. The lowest BCUT2D eigenvalue weighted by atomic mass is 10.2. The maximum atomic E-state index is 11.7. The number of carbonyl (C=O) groups is 1. The first-order valence-electron chi connectivity index (χ1n) is 5.12. The van der Waals surface area contributed by atoms with Gasteiger partial charge in [0.1, 0.15) is 0 Å². The average molecular weight is 286 g/mol. The molecule has 0 aromatic heterocycles. The van der Waals surface area contributed by atoms with Crippen molar-refractivity contribution in [3.8, 4) is 0 Å². The summed E-state index contributed by atoms with van der Waals surface area (Å²) in [6.07, 6.45) is 0.912. The number of anilines is 2. The normalized spacial score (nSPS) is 9.94. The molecular formula is C11H16BrN3O. The lowest BCUT2D eigenvalue weighted by Crippen LogP contribution is -2.37. The van der Waals surface area contributed by atoms with Gasteiger partial charge >= 0.3 is 6.03 Å². The Morgan fingerprint density at radius 2 is 2.25 bits per heavy atom. The van der Waals surface area contributed by atoms with Gasteiger partial charge in [-0.15, -0.1) is 0 Å². The Hall–Kier alpha value is -1.23. The molecule has 2 amide bonds. The van der Waals surface area contributed by atoms with Crippen molar-refractivity contribution in [3.63, 3.8) is 0 Å². The number of nitrogens with two attached hydrogens (primary N) is 1. The summed E-state index contributed by atoms with van der Waals surface area (Å²) in [4.78, 5) is 13.2. The monoisotopic (exact) mass is 285 g/mol. The SMILES string of the molecule is CCCNC(=O)N(C)c1ccc(Br)cc1N. The third-order valence-electron chi connectivity index (χ3n) is 2.18. The molecule has 0 radical (unpaired) electrons. The van der Waals surface area contributed by atoms with Crippen LogP contribution in [-0.2, 0) is 0 Å². The van der Waals surface area contributed by atoms with Gasteiger partial charge < -0.3 is 11.1 Å². The third-order valence-corrected chi connectivity index (χ3v) is 2.68. The van der Waals surface area contributed by atoms with Crippen LogP contribution in [0.3, 0.4) is 0 Å². The first kappa shape index (κ1) is 12.8. The molecule has 0 spiro atoms. The molecule has 0 unspecified atom stereocenters. The van der Waals surface area contributed by atoms with Gasteiger partial charge in [0.25, 0.3) is 0 Å². The summed E-state index contributed by atoms with van der Waals surface area (Å²) in [5.74, 6) is 0. The maximum absolute atomic E-state index is 11.7. The first-order valence-corrected chi connectivity index (χ1v) is 5.92. The van der Waals surface area contributed by atoms with Gasteiger partial charge in [-0.2, -0.15) is 0 Å². The summed E-state index contributed by atoms with van der Waals surface area (Å²) in [7, 11) is 1.70.